The lowest BCUT2D eigenvalue weighted by Crippen LogP contribution is -2.48. The van der Waals surface area contributed by atoms with Gasteiger partial charge in [-0.25, -0.2) is 13.5 Å². The highest BCUT2D eigenvalue weighted by Crippen LogP contribution is 2.32. The molecule has 0 spiro atoms. The molecular weight excluding hydrogens is 384 g/mol. The maximum atomic E-state index is 13.0. The lowest BCUT2D eigenvalue weighted by atomic mass is 10.0. The van der Waals surface area contributed by atoms with E-state index in [4.69, 9.17) is 0 Å². The van der Waals surface area contributed by atoms with E-state index < -0.39 is 10.0 Å². The number of rotatable bonds is 4. The van der Waals surface area contributed by atoms with Crippen molar-refractivity contribution in [3.8, 4) is 10.6 Å². The Hall–Kier alpha value is -1.55. The zero-order valence-electron chi connectivity index (χ0n) is 15.1. The highest BCUT2D eigenvalue weighted by molar-refractivity contribution is 7.91. The second-order valence-corrected chi connectivity index (χ2v) is 10.4. The number of hydrogen-bond acceptors (Lipinski definition) is 6. The molecule has 0 unspecified atom stereocenters. The van der Waals surface area contributed by atoms with Crippen molar-refractivity contribution in [2.24, 2.45) is 0 Å². The normalized spacial score (nSPS) is 20.7. The molecule has 0 bridgehead atoms. The fraction of sp³-hybridized carbons (Fsp3) is 0.556. The Morgan fingerprint density at radius 1 is 1.00 bits per heavy atom. The zero-order valence-corrected chi connectivity index (χ0v) is 16.8. The van der Waals surface area contributed by atoms with E-state index in [2.05, 4.69) is 15.1 Å². The number of aromatic nitrogens is 2. The molecule has 2 saturated heterocycles. The molecule has 2 aromatic rings. The molecule has 146 valence electrons. The number of likely N-dealkylation sites (tertiary alicyclic amines) is 1. The molecule has 27 heavy (non-hydrogen) atoms. The predicted octanol–water partition coefficient (Wildman–Crippen LogP) is 2.14. The topological polar surface area (TPSA) is 86.4 Å². The minimum atomic E-state index is -3.48. The number of piperidine rings is 2. The maximum absolute atomic E-state index is 13.0. The summed E-state index contributed by atoms with van der Waals surface area (Å²) in [5, 5.41) is 6.36. The van der Waals surface area contributed by atoms with Crippen LogP contribution in [0.5, 0.6) is 0 Å². The van der Waals surface area contributed by atoms with Gasteiger partial charge in [0.15, 0.2) is 0 Å². The van der Waals surface area contributed by atoms with Crippen molar-refractivity contribution >= 4 is 21.4 Å². The van der Waals surface area contributed by atoms with Gasteiger partial charge in [0.2, 0.25) is 0 Å². The predicted molar refractivity (Wildman–Crippen MR) is 105 cm³/mol. The Labute approximate surface area is 163 Å². The van der Waals surface area contributed by atoms with Crippen LogP contribution in [0.25, 0.3) is 10.6 Å². The van der Waals surface area contributed by atoms with Crippen LogP contribution in [0.2, 0.25) is 0 Å². The van der Waals surface area contributed by atoms with E-state index in [0.717, 1.165) is 30.8 Å². The van der Waals surface area contributed by atoms with E-state index in [1.807, 2.05) is 0 Å². The number of aromatic amines is 1. The Kier molecular flexibility index (Phi) is 5.45. The first-order chi connectivity index (χ1) is 13.0. The van der Waals surface area contributed by atoms with Crippen molar-refractivity contribution in [2.45, 2.75) is 42.4 Å². The zero-order chi connectivity index (χ0) is 18.9. The van der Waals surface area contributed by atoms with E-state index in [1.54, 1.807) is 22.5 Å². The van der Waals surface area contributed by atoms with Crippen LogP contribution >= 0.6 is 11.3 Å². The van der Waals surface area contributed by atoms with Gasteiger partial charge in [-0.1, -0.05) is 6.42 Å². The minimum absolute atomic E-state index is 0.278. The first-order valence-corrected chi connectivity index (χ1v) is 11.7. The monoisotopic (exact) mass is 408 g/mol. The Morgan fingerprint density at radius 2 is 1.74 bits per heavy atom. The summed E-state index contributed by atoms with van der Waals surface area (Å²) in [5.74, 6) is 0. The summed E-state index contributed by atoms with van der Waals surface area (Å²) in [7, 11) is -3.48. The maximum Gasteiger partial charge on any atom is 0.264 e. The first-order valence-electron chi connectivity index (χ1n) is 9.44. The quantitative estimate of drug-likeness (QED) is 0.838. The van der Waals surface area contributed by atoms with E-state index >= 15 is 0 Å². The Morgan fingerprint density at radius 3 is 2.41 bits per heavy atom. The van der Waals surface area contributed by atoms with Crippen LogP contribution in [-0.4, -0.2) is 60.0 Å². The molecular formula is C18H24N4O3S2. The Balaban J connectivity index is 1.44. The molecule has 9 heteroatoms. The standard InChI is InChI=1S/C18H24N4O3S2/c23-17-6-4-15(19-20-17)16-5-7-18(26-16)27(24,25)22-12-8-14(9-13-22)21-10-2-1-3-11-21/h4-7,14H,1-3,8-13H2,(H,20,23). The number of H-pyrrole nitrogens is 1. The smallest absolute Gasteiger partial charge is 0.264 e. The lowest BCUT2D eigenvalue weighted by molar-refractivity contribution is 0.118. The minimum Gasteiger partial charge on any atom is -0.300 e. The van der Waals surface area contributed by atoms with Crippen molar-refractivity contribution in [1.29, 1.82) is 0 Å². The summed E-state index contributed by atoms with van der Waals surface area (Å²) in [6, 6.07) is 6.89. The lowest BCUT2D eigenvalue weighted by Gasteiger charge is -2.39. The number of sulfonamides is 1. The van der Waals surface area contributed by atoms with E-state index in [-0.39, 0.29) is 5.56 Å². The molecule has 0 radical (unpaired) electrons. The second kappa shape index (κ2) is 7.83. The molecule has 0 atom stereocenters. The molecule has 2 aliphatic rings. The van der Waals surface area contributed by atoms with Gasteiger partial charge in [-0.3, -0.25) is 4.79 Å². The van der Waals surface area contributed by atoms with Crippen LogP contribution in [-0.2, 0) is 10.0 Å². The van der Waals surface area contributed by atoms with Gasteiger partial charge in [0.1, 0.15) is 9.90 Å². The third-order valence-electron chi connectivity index (χ3n) is 5.44. The van der Waals surface area contributed by atoms with Crippen molar-refractivity contribution in [2.75, 3.05) is 26.2 Å². The van der Waals surface area contributed by atoms with Crippen LogP contribution in [0.4, 0.5) is 0 Å². The van der Waals surface area contributed by atoms with Crippen LogP contribution in [0.1, 0.15) is 32.1 Å². The first kappa shape index (κ1) is 18.8. The third-order valence-corrected chi connectivity index (χ3v) is 8.91. The fourth-order valence-electron chi connectivity index (χ4n) is 3.94. The highest BCUT2D eigenvalue weighted by Gasteiger charge is 2.32. The summed E-state index contributed by atoms with van der Waals surface area (Å²) >= 11 is 1.20. The van der Waals surface area contributed by atoms with E-state index in [0.29, 0.717) is 29.0 Å². The molecule has 2 aliphatic heterocycles. The van der Waals surface area contributed by atoms with Crippen LogP contribution in [0, 0.1) is 0 Å². The second-order valence-electron chi connectivity index (χ2n) is 7.16. The molecule has 0 aromatic carbocycles. The van der Waals surface area contributed by atoms with Crippen LogP contribution < -0.4 is 5.56 Å². The molecule has 0 amide bonds. The molecule has 2 fully saturated rings. The number of nitrogens with zero attached hydrogens (tertiary/aromatic N) is 3. The average molecular weight is 409 g/mol. The molecule has 0 aliphatic carbocycles. The van der Waals surface area contributed by atoms with Crippen LogP contribution in [0.3, 0.4) is 0 Å². The summed E-state index contributed by atoms with van der Waals surface area (Å²) in [6.45, 7) is 3.46. The molecule has 0 saturated carbocycles. The summed E-state index contributed by atoms with van der Waals surface area (Å²) in [5.41, 5.74) is 0.296. The van der Waals surface area contributed by atoms with Gasteiger partial charge in [-0.2, -0.15) is 9.40 Å². The SMILES string of the molecule is O=c1ccc(-c2ccc(S(=O)(=O)N3CCC(N4CCCCC4)CC3)s2)n[nH]1. The summed E-state index contributed by atoms with van der Waals surface area (Å²) in [4.78, 5) is 14.4. The van der Waals surface area contributed by atoms with Gasteiger partial charge in [-0.15, -0.1) is 11.3 Å². The Bertz CT molecular complexity index is 919. The highest BCUT2D eigenvalue weighted by atomic mass is 32.2. The van der Waals surface area contributed by atoms with Crippen molar-refractivity contribution in [3.63, 3.8) is 0 Å². The van der Waals surface area contributed by atoms with Gasteiger partial charge in [-0.05, 0) is 57.0 Å². The molecule has 1 N–H and O–H groups in total. The van der Waals surface area contributed by atoms with Gasteiger partial charge in [0.25, 0.3) is 15.6 Å². The summed E-state index contributed by atoms with van der Waals surface area (Å²) in [6.07, 6.45) is 5.64. The van der Waals surface area contributed by atoms with Crippen molar-refractivity contribution in [1.82, 2.24) is 19.4 Å². The number of nitrogens with one attached hydrogen (secondary N) is 1. The molecule has 4 heterocycles. The van der Waals surface area contributed by atoms with Crippen LogP contribution in [0.15, 0.2) is 33.3 Å². The fourth-order valence-corrected chi connectivity index (χ4v) is 6.84. The van der Waals surface area contributed by atoms with E-state index in [1.165, 1.54) is 36.7 Å². The van der Waals surface area contributed by atoms with E-state index in [9.17, 15) is 13.2 Å². The van der Waals surface area contributed by atoms with Crippen molar-refractivity contribution in [3.05, 3.63) is 34.6 Å². The largest absolute Gasteiger partial charge is 0.300 e. The van der Waals surface area contributed by atoms with Gasteiger partial charge in [0, 0.05) is 25.2 Å². The van der Waals surface area contributed by atoms with Gasteiger partial charge >= 0.3 is 0 Å². The van der Waals surface area contributed by atoms with Gasteiger partial charge < -0.3 is 4.90 Å². The average Bonchev–Trinajstić information content (AvgIpc) is 3.20. The van der Waals surface area contributed by atoms with Gasteiger partial charge in [0.05, 0.1) is 4.88 Å². The summed E-state index contributed by atoms with van der Waals surface area (Å²) < 4.78 is 28.0. The third kappa shape index (κ3) is 4.01. The molecule has 2 aromatic heterocycles. The molecule has 7 nitrogen and oxygen atoms in total. The number of hydrogen-bond donors (Lipinski definition) is 1. The van der Waals surface area contributed by atoms with Crippen molar-refractivity contribution < 1.29 is 8.42 Å². The molecule has 4 rings (SSSR count). The number of thiophene rings is 1.